The minimum atomic E-state index is -5.83. The quantitative estimate of drug-likeness (QED) is 0.0907. The minimum absolute atomic E-state index is 0.267. The van der Waals surface area contributed by atoms with E-state index < -0.39 is 23.7 Å². The number of benzene rings is 5. The molecule has 5 rings (SSSR count). The van der Waals surface area contributed by atoms with Gasteiger partial charge >= 0.3 is 15.6 Å². The Balaban J connectivity index is 1.91. The van der Waals surface area contributed by atoms with Gasteiger partial charge in [0.15, 0.2) is 0 Å². The van der Waals surface area contributed by atoms with Gasteiger partial charge in [-0.1, -0.05) is 86.4 Å². The van der Waals surface area contributed by atoms with Crippen LogP contribution >= 0.6 is 0 Å². The third-order valence-electron chi connectivity index (χ3n) is 7.34. The number of hydrogen-bond donors (Lipinski definition) is 0. The summed E-state index contributed by atoms with van der Waals surface area (Å²) in [6.07, 6.45) is 0. The second-order valence-corrected chi connectivity index (χ2v) is 17.6. The molecule has 5 aromatic rings. The average Bonchev–Trinajstić information content (AvgIpc) is 2.88. The molecule has 0 fully saturated rings. The van der Waals surface area contributed by atoms with Crippen LogP contribution in [0.3, 0.4) is 0 Å². The van der Waals surface area contributed by atoms with Crippen LogP contribution in [0.1, 0.15) is 11.1 Å². The summed E-state index contributed by atoms with van der Waals surface area (Å²) < 4.78 is 68.7. The van der Waals surface area contributed by atoms with E-state index in [0.29, 0.717) is 10.6 Å². The van der Waals surface area contributed by atoms with Gasteiger partial charge in [-0.05, 0) is 92.2 Å². The van der Waals surface area contributed by atoms with E-state index in [4.69, 9.17) is 4.18 Å². The van der Waals surface area contributed by atoms with E-state index in [1.165, 1.54) is 6.07 Å². The molecule has 0 amide bonds. The molecule has 0 heterocycles. The second-order valence-electron chi connectivity index (χ2n) is 11.1. The molecule has 5 aromatic carbocycles. The molecule has 206 valence electrons. The van der Waals surface area contributed by atoms with Crippen LogP contribution in [0.2, 0.25) is 19.6 Å². The fourth-order valence-corrected chi connectivity index (χ4v) is 7.29. The van der Waals surface area contributed by atoms with Crippen molar-refractivity contribution in [3.63, 3.8) is 0 Å². The summed E-state index contributed by atoms with van der Waals surface area (Å²) in [5.74, 6) is -0.267. The van der Waals surface area contributed by atoms with Crippen LogP contribution in [0.4, 0.5) is 13.2 Å². The summed E-state index contributed by atoms with van der Waals surface area (Å²) >= 11 is 0. The third-order valence-corrected chi connectivity index (χ3v) is 10.3. The fraction of sp³-hybridized carbons (Fsp3) is 0.188. The Morgan fingerprint density at radius 3 is 1.50 bits per heavy atom. The van der Waals surface area contributed by atoms with Gasteiger partial charge < -0.3 is 4.18 Å². The van der Waals surface area contributed by atoms with Gasteiger partial charge in [0, 0.05) is 0 Å². The van der Waals surface area contributed by atoms with Crippen molar-refractivity contribution >= 4 is 44.9 Å². The molecule has 3 nitrogen and oxygen atoms in total. The Hall–Kier alpha value is -3.62. The topological polar surface area (TPSA) is 43.4 Å². The van der Waals surface area contributed by atoms with E-state index in [9.17, 15) is 21.6 Å². The lowest BCUT2D eigenvalue weighted by Gasteiger charge is -2.23. The van der Waals surface area contributed by atoms with Crippen molar-refractivity contribution in [3.05, 3.63) is 96.1 Å². The average molecular weight is 579 g/mol. The van der Waals surface area contributed by atoms with E-state index in [2.05, 4.69) is 32.0 Å². The summed E-state index contributed by atoms with van der Waals surface area (Å²) in [7, 11) is -8.17. The number of fused-ring (bicyclic) bond motifs is 2. The molecule has 40 heavy (non-hydrogen) atoms. The van der Waals surface area contributed by atoms with Crippen LogP contribution in [0.25, 0.3) is 43.8 Å². The molecule has 0 radical (unpaired) electrons. The number of alkyl halides is 3. The first-order chi connectivity index (χ1) is 18.7. The minimum Gasteiger partial charge on any atom is -0.376 e. The van der Waals surface area contributed by atoms with Crippen molar-refractivity contribution in [2.75, 3.05) is 0 Å². The monoisotopic (exact) mass is 578 g/mol. The van der Waals surface area contributed by atoms with Crippen LogP contribution in [0.15, 0.2) is 84.9 Å². The lowest BCUT2D eigenvalue weighted by atomic mass is 9.84. The van der Waals surface area contributed by atoms with E-state index >= 15 is 0 Å². The molecule has 0 spiro atoms. The van der Waals surface area contributed by atoms with Gasteiger partial charge in [-0.15, -0.1) is 0 Å². The molecule has 0 unspecified atom stereocenters. The highest BCUT2D eigenvalue weighted by atomic mass is 32.2. The normalized spacial score (nSPS) is 12.7. The van der Waals surface area contributed by atoms with Crippen LogP contribution in [-0.4, -0.2) is 22.0 Å². The summed E-state index contributed by atoms with van der Waals surface area (Å²) in [5.41, 5.74) is 0.890. The van der Waals surface area contributed by atoms with Crippen molar-refractivity contribution in [1.29, 1.82) is 0 Å². The molecule has 0 saturated carbocycles. The fourth-order valence-electron chi connectivity index (χ4n) is 5.30. The van der Waals surface area contributed by atoms with Gasteiger partial charge in [-0.3, -0.25) is 0 Å². The highest BCUT2D eigenvalue weighted by Gasteiger charge is 2.49. The maximum Gasteiger partial charge on any atom is 0.534 e. The summed E-state index contributed by atoms with van der Waals surface area (Å²) in [6.45, 7) is 10.0. The number of rotatable bonds is 5. The van der Waals surface area contributed by atoms with Gasteiger partial charge in [0.2, 0.25) is 0 Å². The Bertz CT molecular complexity index is 1860. The van der Waals surface area contributed by atoms with E-state index in [0.717, 1.165) is 49.5 Å². The van der Waals surface area contributed by atoms with Crippen LogP contribution in [-0.2, 0) is 10.1 Å². The van der Waals surface area contributed by atoms with Crippen molar-refractivity contribution < 1.29 is 25.8 Å². The van der Waals surface area contributed by atoms with Gasteiger partial charge in [0.1, 0.15) is 5.75 Å². The zero-order chi connectivity index (χ0) is 29.0. The zero-order valence-electron chi connectivity index (χ0n) is 22.8. The molecule has 0 saturated heterocycles. The van der Waals surface area contributed by atoms with E-state index in [-0.39, 0.29) is 5.75 Å². The summed E-state index contributed by atoms with van der Waals surface area (Å²) in [4.78, 5) is 0. The molecule has 8 heteroatoms. The lowest BCUT2D eigenvalue weighted by molar-refractivity contribution is -0.0499. The number of halogens is 3. The lowest BCUT2D eigenvalue weighted by Crippen LogP contribution is -2.40. The Morgan fingerprint density at radius 1 is 0.675 bits per heavy atom. The largest absolute Gasteiger partial charge is 0.534 e. The van der Waals surface area contributed by atoms with Crippen LogP contribution in [0, 0.1) is 13.8 Å². The molecule has 0 bridgehead atoms. The molecular weight excluding hydrogens is 549 g/mol. The van der Waals surface area contributed by atoms with Crippen molar-refractivity contribution in [2.24, 2.45) is 0 Å². The Kier molecular flexibility index (Phi) is 6.83. The Labute approximate surface area is 233 Å². The van der Waals surface area contributed by atoms with Crippen molar-refractivity contribution in [1.82, 2.24) is 0 Å². The van der Waals surface area contributed by atoms with Crippen LogP contribution < -0.4 is 9.37 Å². The van der Waals surface area contributed by atoms with E-state index in [1.54, 1.807) is 6.07 Å². The van der Waals surface area contributed by atoms with E-state index in [1.807, 2.05) is 74.2 Å². The first-order valence-electron chi connectivity index (χ1n) is 12.9. The highest BCUT2D eigenvalue weighted by Crippen LogP contribution is 2.43. The predicted octanol–water partition coefficient (Wildman–Crippen LogP) is 8.72. The predicted molar refractivity (Wildman–Crippen MR) is 160 cm³/mol. The molecular formula is C32H29F3O3SSi. The van der Waals surface area contributed by atoms with Gasteiger partial charge in [-0.25, -0.2) is 0 Å². The highest BCUT2D eigenvalue weighted by molar-refractivity contribution is 7.88. The first kappa shape index (κ1) is 27.9. The molecule has 0 aliphatic heterocycles. The zero-order valence-corrected chi connectivity index (χ0v) is 24.7. The van der Waals surface area contributed by atoms with Gasteiger partial charge in [0.05, 0.1) is 8.07 Å². The smallest absolute Gasteiger partial charge is 0.376 e. The molecule has 0 aromatic heterocycles. The van der Waals surface area contributed by atoms with Crippen molar-refractivity contribution in [3.8, 4) is 28.0 Å². The van der Waals surface area contributed by atoms with Gasteiger partial charge in [-0.2, -0.15) is 21.6 Å². The molecule has 0 atom stereocenters. The molecule has 0 aliphatic rings. The molecule has 0 aliphatic carbocycles. The van der Waals surface area contributed by atoms with Gasteiger partial charge in [0.25, 0.3) is 0 Å². The summed E-state index contributed by atoms with van der Waals surface area (Å²) in [6, 6.07) is 27.3. The maximum atomic E-state index is 13.3. The Morgan fingerprint density at radius 2 is 1.10 bits per heavy atom. The number of hydrogen-bond acceptors (Lipinski definition) is 3. The standard InChI is InChI=1S/C32H29F3O3SSi/c1-20-21(2)31(23-14-10-7-11-15-23)27-17-25-19-29(40(3,4)5)28(38-39(36,37)32(33,34)35)18-24(25)16-26(27)30(20)22-12-8-6-9-13-22/h6-19H,1-5H3. The SMILES string of the molecule is Cc1c(C)c(-c2ccccc2)c2cc3cc([Si](C)(C)C)c(OS(=O)(=O)C(F)(F)F)cc3cc2c1-c1ccccc1. The first-order valence-corrected chi connectivity index (χ1v) is 17.8. The second kappa shape index (κ2) is 9.78. The maximum absolute atomic E-state index is 13.3. The van der Waals surface area contributed by atoms with Crippen molar-refractivity contribution in [2.45, 2.75) is 39.0 Å². The molecule has 0 N–H and O–H groups in total. The van der Waals surface area contributed by atoms with Crippen LogP contribution in [0.5, 0.6) is 5.75 Å². The third kappa shape index (κ3) is 4.90. The summed E-state index contributed by atoms with van der Waals surface area (Å²) in [5, 5.41) is 3.84.